The van der Waals surface area contributed by atoms with Gasteiger partial charge in [0.2, 0.25) is 5.91 Å². The first-order chi connectivity index (χ1) is 9.75. The summed E-state index contributed by atoms with van der Waals surface area (Å²) in [6.07, 6.45) is 1.09. The van der Waals surface area contributed by atoms with Gasteiger partial charge in [-0.3, -0.25) is 4.79 Å². The summed E-state index contributed by atoms with van der Waals surface area (Å²) < 4.78 is 26.3. The van der Waals surface area contributed by atoms with Crippen molar-refractivity contribution in [1.29, 1.82) is 0 Å². The number of rotatable bonds is 4. The van der Waals surface area contributed by atoms with Crippen LogP contribution in [0.25, 0.3) is 0 Å². The zero-order valence-electron chi connectivity index (χ0n) is 11.6. The molecule has 1 atom stereocenters. The molecule has 0 saturated carbocycles. The Balaban J connectivity index is 2.33. The Kier molecular flexibility index (Phi) is 4.35. The molecule has 7 nitrogen and oxygen atoms in total. The average Bonchev–Trinajstić information content (AvgIpc) is 3.07. The van der Waals surface area contributed by atoms with Crippen LogP contribution >= 0.6 is 11.3 Å². The molecule has 0 aliphatic carbocycles. The molecule has 1 saturated heterocycles. The van der Waals surface area contributed by atoms with Crippen LogP contribution in [0.1, 0.15) is 23.2 Å². The molecule has 0 radical (unpaired) electrons. The van der Waals surface area contributed by atoms with E-state index in [4.69, 9.17) is 5.11 Å². The minimum atomic E-state index is -3.84. The van der Waals surface area contributed by atoms with E-state index in [2.05, 4.69) is 0 Å². The van der Waals surface area contributed by atoms with Crippen LogP contribution in [0.2, 0.25) is 0 Å². The van der Waals surface area contributed by atoms with Crippen LogP contribution in [0.5, 0.6) is 0 Å². The highest BCUT2D eigenvalue weighted by atomic mass is 32.2. The minimum Gasteiger partial charge on any atom is -0.478 e. The zero-order chi connectivity index (χ0) is 15.8. The molecule has 1 aromatic rings. The van der Waals surface area contributed by atoms with Crippen molar-refractivity contribution >= 4 is 33.2 Å². The van der Waals surface area contributed by atoms with E-state index >= 15 is 0 Å². The summed E-state index contributed by atoms with van der Waals surface area (Å²) in [5.41, 5.74) is -0.0618. The van der Waals surface area contributed by atoms with E-state index in [0.29, 0.717) is 12.8 Å². The molecule has 0 aromatic carbocycles. The number of hydrogen-bond donors (Lipinski definition) is 1. The fraction of sp³-hybridized carbons (Fsp3) is 0.500. The maximum Gasteiger partial charge on any atom is 0.336 e. The SMILES string of the molecule is CN(C)C(=O)[C@H]1CCCN1S(=O)(=O)c1cc(C(=O)O)cs1. The standard InChI is InChI=1S/C12H16N2O5S2/c1-13(2)11(15)9-4-3-5-14(9)21(18,19)10-6-8(7-20-10)12(16)17/h6-7,9H,3-5H2,1-2H3,(H,16,17)/t9-/m1/s1. The molecular formula is C12H16N2O5S2. The number of hydrogen-bond acceptors (Lipinski definition) is 5. The summed E-state index contributed by atoms with van der Waals surface area (Å²) >= 11 is 0.858. The molecule has 1 N–H and O–H groups in total. The smallest absolute Gasteiger partial charge is 0.336 e. The third kappa shape index (κ3) is 2.94. The molecule has 116 valence electrons. The van der Waals surface area contributed by atoms with Crippen LogP contribution in [-0.2, 0) is 14.8 Å². The van der Waals surface area contributed by atoms with E-state index in [1.165, 1.54) is 14.6 Å². The van der Waals surface area contributed by atoms with Gasteiger partial charge in [-0.1, -0.05) is 0 Å². The van der Waals surface area contributed by atoms with E-state index < -0.39 is 22.0 Å². The number of sulfonamides is 1. The van der Waals surface area contributed by atoms with Gasteiger partial charge in [0.25, 0.3) is 10.0 Å². The van der Waals surface area contributed by atoms with E-state index in [-0.39, 0.29) is 22.2 Å². The van der Waals surface area contributed by atoms with Crippen molar-refractivity contribution in [1.82, 2.24) is 9.21 Å². The van der Waals surface area contributed by atoms with Gasteiger partial charge in [-0.05, 0) is 18.9 Å². The Morgan fingerprint density at radius 2 is 2.10 bits per heavy atom. The van der Waals surface area contributed by atoms with Gasteiger partial charge in [0.1, 0.15) is 10.3 Å². The van der Waals surface area contributed by atoms with Gasteiger partial charge in [0.05, 0.1) is 5.56 Å². The Hall–Kier alpha value is -1.45. The van der Waals surface area contributed by atoms with Crippen molar-refractivity contribution in [2.75, 3.05) is 20.6 Å². The lowest BCUT2D eigenvalue weighted by molar-refractivity contribution is -0.132. The predicted molar refractivity (Wildman–Crippen MR) is 76.9 cm³/mol. The topological polar surface area (TPSA) is 95.0 Å². The van der Waals surface area contributed by atoms with Crippen LogP contribution < -0.4 is 0 Å². The van der Waals surface area contributed by atoms with Crippen molar-refractivity contribution in [3.8, 4) is 0 Å². The summed E-state index contributed by atoms with van der Waals surface area (Å²) in [7, 11) is -0.673. The molecular weight excluding hydrogens is 316 g/mol. The molecule has 21 heavy (non-hydrogen) atoms. The maximum absolute atomic E-state index is 12.6. The van der Waals surface area contributed by atoms with Crippen LogP contribution in [0.4, 0.5) is 0 Å². The number of carboxylic acid groups (broad SMARTS) is 1. The minimum absolute atomic E-state index is 0.0432. The quantitative estimate of drug-likeness (QED) is 0.875. The zero-order valence-corrected chi connectivity index (χ0v) is 13.3. The summed E-state index contributed by atoms with van der Waals surface area (Å²) in [5, 5.41) is 10.2. The number of carbonyl (C=O) groups is 2. The Bertz CT molecular complexity index is 665. The molecule has 1 aliphatic rings. The highest BCUT2D eigenvalue weighted by Gasteiger charge is 2.40. The number of amides is 1. The van der Waals surface area contributed by atoms with Gasteiger partial charge >= 0.3 is 5.97 Å². The first-order valence-electron chi connectivity index (χ1n) is 6.30. The fourth-order valence-corrected chi connectivity index (χ4v) is 5.18. The summed E-state index contributed by atoms with van der Waals surface area (Å²) in [6, 6.07) is 0.429. The number of aromatic carboxylic acids is 1. The molecule has 0 spiro atoms. The van der Waals surface area contributed by atoms with E-state index in [9.17, 15) is 18.0 Å². The second kappa shape index (κ2) is 5.74. The van der Waals surface area contributed by atoms with Crippen LogP contribution in [-0.4, -0.2) is 61.3 Å². The van der Waals surface area contributed by atoms with Crippen molar-refractivity contribution in [2.45, 2.75) is 23.1 Å². The largest absolute Gasteiger partial charge is 0.478 e. The van der Waals surface area contributed by atoms with Crippen molar-refractivity contribution < 1.29 is 23.1 Å². The molecule has 0 bridgehead atoms. The van der Waals surface area contributed by atoms with E-state index in [0.717, 1.165) is 17.4 Å². The number of likely N-dealkylation sites (N-methyl/N-ethyl adjacent to an activating group) is 1. The van der Waals surface area contributed by atoms with Crippen LogP contribution in [0.15, 0.2) is 15.7 Å². The second-order valence-corrected chi connectivity index (χ2v) is 7.99. The molecule has 1 aromatic heterocycles. The van der Waals surface area contributed by atoms with Gasteiger partial charge < -0.3 is 10.0 Å². The highest BCUT2D eigenvalue weighted by Crippen LogP contribution is 2.30. The fourth-order valence-electron chi connectivity index (χ4n) is 2.25. The van der Waals surface area contributed by atoms with Gasteiger partial charge in [-0.25, -0.2) is 13.2 Å². The van der Waals surface area contributed by atoms with Gasteiger partial charge in [-0.15, -0.1) is 11.3 Å². The van der Waals surface area contributed by atoms with Crippen molar-refractivity contribution in [3.63, 3.8) is 0 Å². The number of carboxylic acids is 1. The predicted octanol–water partition coefficient (Wildman–Crippen LogP) is 0.688. The third-order valence-electron chi connectivity index (χ3n) is 3.31. The molecule has 1 aliphatic heterocycles. The van der Waals surface area contributed by atoms with E-state index in [1.807, 2.05) is 0 Å². The summed E-state index contributed by atoms with van der Waals surface area (Å²) in [6.45, 7) is 0.271. The lowest BCUT2D eigenvalue weighted by Gasteiger charge is -2.24. The highest BCUT2D eigenvalue weighted by molar-refractivity contribution is 7.91. The molecule has 0 unspecified atom stereocenters. The number of nitrogens with zero attached hydrogens (tertiary/aromatic N) is 2. The van der Waals surface area contributed by atoms with Crippen LogP contribution in [0, 0.1) is 0 Å². The molecule has 9 heteroatoms. The number of thiophene rings is 1. The average molecular weight is 332 g/mol. The van der Waals surface area contributed by atoms with Gasteiger partial charge in [-0.2, -0.15) is 4.31 Å². The molecule has 1 fully saturated rings. The number of carbonyl (C=O) groups excluding carboxylic acids is 1. The second-order valence-electron chi connectivity index (χ2n) is 4.97. The summed E-state index contributed by atoms with van der Waals surface area (Å²) in [5.74, 6) is -1.43. The Morgan fingerprint density at radius 1 is 1.43 bits per heavy atom. The molecule has 1 amide bonds. The normalized spacial score (nSPS) is 19.6. The van der Waals surface area contributed by atoms with Gasteiger partial charge in [0.15, 0.2) is 0 Å². The lowest BCUT2D eigenvalue weighted by atomic mass is 10.2. The van der Waals surface area contributed by atoms with E-state index in [1.54, 1.807) is 14.1 Å². The monoisotopic (exact) mass is 332 g/mol. The van der Waals surface area contributed by atoms with Crippen LogP contribution in [0.3, 0.4) is 0 Å². The Labute approximate surface area is 126 Å². The first-order valence-corrected chi connectivity index (χ1v) is 8.62. The summed E-state index contributed by atoms with van der Waals surface area (Å²) in [4.78, 5) is 24.3. The van der Waals surface area contributed by atoms with Gasteiger partial charge in [0, 0.05) is 26.0 Å². The lowest BCUT2D eigenvalue weighted by Crippen LogP contribution is -2.45. The molecule has 2 heterocycles. The van der Waals surface area contributed by atoms with Crippen molar-refractivity contribution in [2.24, 2.45) is 0 Å². The van der Waals surface area contributed by atoms with Crippen molar-refractivity contribution in [3.05, 3.63) is 17.0 Å². The molecule has 2 rings (SSSR count). The Morgan fingerprint density at radius 3 is 2.62 bits per heavy atom. The third-order valence-corrected chi connectivity index (χ3v) is 6.64. The first kappa shape index (κ1) is 15.9. The maximum atomic E-state index is 12.6.